The third kappa shape index (κ3) is 10.4. The van der Waals surface area contributed by atoms with Gasteiger partial charge in [-0.1, -0.05) is 19.8 Å². The Balaban J connectivity index is 3.47. The molecule has 0 aromatic carbocycles. The van der Waals surface area contributed by atoms with E-state index in [1.807, 2.05) is 0 Å². The van der Waals surface area contributed by atoms with Gasteiger partial charge in [-0.25, -0.2) is 13.1 Å². The van der Waals surface area contributed by atoms with Gasteiger partial charge in [-0.05, 0) is 6.42 Å². The lowest BCUT2D eigenvalue weighted by atomic mass is 10.3. The van der Waals surface area contributed by atoms with Crippen LogP contribution in [0.25, 0.3) is 0 Å². The predicted octanol–water partition coefficient (Wildman–Crippen LogP) is 0.759. The van der Waals surface area contributed by atoms with Gasteiger partial charge in [0.2, 0.25) is 10.0 Å². The van der Waals surface area contributed by atoms with Crippen molar-refractivity contribution >= 4 is 10.0 Å². The van der Waals surface area contributed by atoms with Gasteiger partial charge in [-0.15, -0.1) is 0 Å². The molecule has 6 heteroatoms. The largest absolute Gasteiger partial charge is 0.382 e. The van der Waals surface area contributed by atoms with Crippen LogP contribution < -0.4 is 4.72 Å². The third-order valence-corrected chi connectivity index (χ3v) is 3.38. The Morgan fingerprint density at radius 3 is 2.50 bits per heavy atom. The zero-order valence-electron chi connectivity index (χ0n) is 10.2. The fourth-order valence-corrected chi connectivity index (χ4v) is 2.02. The van der Waals surface area contributed by atoms with Crippen molar-refractivity contribution in [1.29, 1.82) is 0 Å². The molecule has 0 saturated carbocycles. The van der Waals surface area contributed by atoms with Gasteiger partial charge in [-0.2, -0.15) is 0 Å². The van der Waals surface area contributed by atoms with Crippen molar-refractivity contribution in [2.75, 3.05) is 39.2 Å². The van der Waals surface area contributed by atoms with Gasteiger partial charge in [0.1, 0.15) is 0 Å². The third-order valence-electron chi connectivity index (χ3n) is 2.03. The molecule has 0 spiro atoms. The molecule has 0 aliphatic rings. The summed E-state index contributed by atoms with van der Waals surface area (Å²) in [6.45, 7) is 3.74. The Labute approximate surface area is 98.6 Å². The predicted molar refractivity (Wildman–Crippen MR) is 64.0 cm³/mol. The Morgan fingerprint density at radius 2 is 1.88 bits per heavy atom. The highest BCUT2D eigenvalue weighted by molar-refractivity contribution is 7.89. The van der Waals surface area contributed by atoms with E-state index in [1.165, 1.54) is 0 Å². The second kappa shape index (κ2) is 10.0. The molecule has 98 valence electrons. The molecule has 0 unspecified atom stereocenters. The molecule has 0 aliphatic heterocycles. The molecule has 0 aliphatic carbocycles. The average Bonchev–Trinajstić information content (AvgIpc) is 2.24. The molecule has 1 N–H and O–H groups in total. The number of sulfonamides is 1. The van der Waals surface area contributed by atoms with Crippen molar-refractivity contribution < 1.29 is 17.9 Å². The SMILES string of the molecule is CCCCCNS(=O)(=O)CCOCCOC. The zero-order chi connectivity index (χ0) is 12.3. The molecule has 0 heterocycles. The van der Waals surface area contributed by atoms with E-state index in [0.29, 0.717) is 19.8 Å². The second-order valence-electron chi connectivity index (χ2n) is 3.53. The molecule has 0 atom stereocenters. The molecule has 0 aromatic rings. The minimum Gasteiger partial charge on any atom is -0.382 e. The van der Waals surface area contributed by atoms with E-state index in [4.69, 9.17) is 9.47 Å². The molecule has 0 fully saturated rings. The summed E-state index contributed by atoms with van der Waals surface area (Å²) >= 11 is 0. The zero-order valence-corrected chi connectivity index (χ0v) is 11.0. The highest BCUT2D eigenvalue weighted by Crippen LogP contribution is 1.93. The van der Waals surface area contributed by atoms with E-state index < -0.39 is 10.0 Å². The highest BCUT2D eigenvalue weighted by Gasteiger charge is 2.08. The first-order chi connectivity index (χ1) is 7.62. The molecule has 0 amide bonds. The second-order valence-corrected chi connectivity index (χ2v) is 5.45. The molecular weight excluding hydrogens is 230 g/mol. The smallest absolute Gasteiger partial charge is 0.213 e. The number of rotatable bonds is 11. The van der Waals surface area contributed by atoms with Crippen LogP contribution in [0.2, 0.25) is 0 Å². The summed E-state index contributed by atoms with van der Waals surface area (Å²) < 4.78 is 35.2. The van der Waals surface area contributed by atoms with Gasteiger partial charge >= 0.3 is 0 Å². The number of ether oxygens (including phenoxy) is 2. The van der Waals surface area contributed by atoms with Crippen LogP contribution in [0.3, 0.4) is 0 Å². The molecule has 0 rings (SSSR count). The summed E-state index contributed by atoms with van der Waals surface area (Å²) in [6.07, 6.45) is 3.02. The Kier molecular flexibility index (Phi) is 9.91. The summed E-state index contributed by atoms with van der Waals surface area (Å²) in [7, 11) is -1.59. The number of unbranched alkanes of at least 4 members (excludes halogenated alkanes) is 2. The average molecular weight is 253 g/mol. The summed E-state index contributed by atoms with van der Waals surface area (Å²) in [6, 6.07) is 0. The van der Waals surface area contributed by atoms with Crippen molar-refractivity contribution in [3.8, 4) is 0 Å². The van der Waals surface area contributed by atoms with Gasteiger partial charge in [0, 0.05) is 13.7 Å². The lowest BCUT2D eigenvalue weighted by Gasteiger charge is -2.06. The molecule has 5 nitrogen and oxygen atoms in total. The first kappa shape index (κ1) is 15.8. The van der Waals surface area contributed by atoms with Crippen LogP contribution in [-0.2, 0) is 19.5 Å². The van der Waals surface area contributed by atoms with Crippen LogP contribution in [-0.4, -0.2) is 47.6 Å². The van der Waals surface area contributed by atoms with Gasteiger partial charge in [0.05, 0.1) is 25.6 Å². The van der Waals surface area contributed by atoms with Crippen LogP contribution in [0.1, 0.15) is 26.2 Å². The maximum absolute atomic E-state index is 11.4. The maximum atomic E-state index is 11.4. The van der Waals surface area contributed by atoms with E-state index in [9.17, 15) is 8.42 Å². The standard InChI is InChI=1S/C10H23NO4S/c1-3-4-5-6-11-16(12,13)10-9-15-8-7-14-2/h11H,3-10H2,1-2H3. The summed E-state index contributed by atoms with van der Waals surface area (Å²) in [5.41, 5.74) is 0. The normalized spacial score (nSPS) is 11.9. The molecule has 0 radical (unpaired) electrons. The van der Waals surface area contributed by atoms with Crippen LogP contribution in [0, 0.1) is 0 Å². The number of hydrogen-bond acceptors (Lipinski definition) is 4. The van der Waals surface area contributed by atoms with Gasteiger partial charge in [0.25, 0.3) is 0 Å². The van der Waals surface area contributed by atoms with Crippen molar-refractivity contribution in [3.05, 3.63) is 0 Å². The number of hydrogen-bond donors (Lipinski definition) is 1. The van der Waals surface area contributed by atoms with Crippen molar-refractivity contribution in [1.82, 2.24) is 4.72 Å². The van der Waals surface area contributed by atoms with E-state index in [2.05, 4.69) is 11.6 Å². The van der Waals surface area contributed by atoms with Crippen molar-refractivity contribution in [2.45, 2.75) is 26.2 Å². The molecule has 0 bridgehead atoms. The Morgan fingerprint density at radius 1 is 1.12 bits per heavy atom. The topological polar surface area (TPSA) is 64.6 Å². The summed E-state index contributed by atoms with van der Waals surface area (Å²) in [4.78, 5) is 0. The van der Waals surface area contributed by atoms with Gasteiger partial charge < -0.3 is 9.47 Å². The summed E-state index contributed by atoms with van der Waals surface area (Å²) in [5.74, 6) is 0.0167. The van der Waals surface area contributed by atoms with Gasteiger partial charge in [-0.3, -0.25) is 0 Å². The fourth-order valence-electron chi connectivity index (χ4n) is 1.09. The number of nitrogens with one attached hydrogen (secondary N) is 1. The van der Waals surface area contributed by atoms with Gasteiger partial charge in [0.15, 0.2) is 0 Å². The minimum atomic E-state index is -3.17. The quantitative estimate of drug-likeness (QED) is 0.552. The van der Waals surface area contributed by atoms with E-state index in [1.54, 1.807) is 7.11 Å². The van der Waals surface area contributed by atoms with Crippen LogP contribution in [0.4, 0.5) is 0 Å². The van der Waals surface area contributed by atoms with Crippen LogP contribution in [0.5, 0.6) is 0 Å². The van der Waals surface area contributed by atoms with Crippen LogP contribution >= 0.6 is 0 Å². The first-order valence-electron chi connectivity index (χ1n) is 5.66. The Hall–Kier alpha value is -0.170. The number of methoxy groups -OCH3 is 1. The monoisotopic (exact) mass is 253 g/mol. The van der Waals surface area contributed by atoms with E-state index >= 15 is 0 Å². The van der Waals surface area contributed by atoms with Crippen LogP contribution in [0.15, 0.2) is 0 Å². The lowest BCUT2D eigenvalue weighted by Crippen LogP contribution is -2.29. The first-order valence-corrected chi connectivity index (χ1v) is 7.31. The minimum absolute atomic E-state index is 0.0167. The summed E-state index contributed by atoms with van der Waals surface area (Å²) in [5, 5.41) is 0. The fraction of sp³-hybridized carbons (Fsp3) is 1.00. The molecule has 0 saturated heterocycles. The molecule has 16 heavy (non-hydrogen) atoms. The maximum Gasteiger partial charge on any atom is 0.213 e. The highest BCUT2D eigenvalue weighted by atomic mass is 32.2. The van der Waals surface area contributed by atoms with Crippen molar-refractivity contribution in [3.63, 3.8) is 0 Å². The Bertz CT molecular complexity index is 241. The van der Waals surface area contributed by atoms with Crippen molar-refractivity contribution in [2.24, 2.45) is 0 Å². The van der Waals surface area contributed by atoms with E-state index in [0.717, 1.165) is 19.3 Å². The molecular formula is C10H23NO4S. The molecule has 0 aromatic heterocycles. The lowest BCUT2D eigenvalue weighted by molar-refractivity contribution is 0.0784. The van der Waals surface area contributed by atoms with E-state index in [-0.39, 0.29) is 12.4 Å².